The van der Waals surface area contributed by atoms with Crippen LogP contribution in [-0.4, -0.2) is 35.3 Å². The van der Waals surface area contributed by atoms with Crippen molar-refractivity contribution in [2.45, 2.75) is 38.1 Å². The summed E-state index contributed by atoms with van der Waals surface area (Å²) in [5, 5.41) is 16.6. The Hall–Kier alpha value is -2.64. The van der Waals surface area contributed by atoms with Crippen LogP contribution in [0.5, 0.6) is 11.5 Å². The normalized spacial score (nSPS) is 14.1. The minimum Gasteiger partial charge on any atom is -0.504 e. The Balaban J connectivity index is 0.000000269. The average molecular weight is 433 g/mol. The van der Waals surface area contributed by atoms with Crippen molar-refractivity contribution in [1.29, 1.82) is 0 Å². The maximum absolute atomic E-state index is 14.0. The van der Waals surface area contributed by atoms with Crippen LogP contribution in [0.4, 0.5) is 15.9 Å². The summed E-state index contributed by atoms with van der Waals surface area (Å²) in [6.45, 7) is 0. The number of nitrogens with zero attached hydrogens (tertiary/aromatic N) is 2. The van der Waals surface area contributed by atoms with E-state index in [9.17, 15) is 9.50 Å². The molecule has 0 spiro atoms. The second kappa shape index (κ2) is 10.4. The van der Waals surface area contributed by atoms with E-state index in [1.807, 2.05) is 0 Å². The van der Waals surface area contributed by atoms with E-state index < -0.39 is 5.82 Å². The molecule has 1 fully saturated rings. The van der Waals surface area contributed by atoms with Gasteiger partial charge in [-0.1, -0.05) is 36.9 Å². The maximum Gasteiger partial charge on any atom is 0.165 e. The summed E-state index contributed by atoms with van der Waals surface area (Å²) in [5.41, 5.74) is 0.734. The topological polar surface area (TPSA) is 79.3 Å². The number of fused-ring (bicyclic) bond motifs is 1. The molecule has 0 saturated heterocycles. The third-order valence-corrected chi connectivity index (χ3v) is 5.45. The van der Waals surface area contributed by atoms with Gasteiger partial charge in [-0.15, -0.1) is 0 Å². The molecule has 1 aliphatic carbocycles. The molecule has 0 bridgehead atoms. The van der Waals surface area contributed by atoms with Crippen LogP contribution in [0.15, 0.2) is 36.7 Å². The van der Waals surface area contributed by atoms with Gasteiger partial charge in [0.2, 0.25) is 0 Å². The lowest BCUT2D eigenvalue weighted by Gasteiger charge is -2.20. The van der Waals surface area contributed by atoms with E-state index in [4.69, 9.17) is 16.3 Å². The molecule has 160 valence electrons. The molecule has 0 amide bonds. The quantitative estimate of drug-likeness (QED) is 0.511. The zero-order chi connectivity index (χ0) is 21.5. The first-order valence-electron chi connectivity index (χ1n) is 9.93. The zero-order valence-electron chi connectivity index (χ0n) is 17.1. The van der Waals surface area contributed by atoms with Crippen molar-refractivity contribution in [2.24, 2.45) is 0 Å². The number of halogens is 2. The van der Waals surface area contributed by atoms with Crippen LogP contribution in [0.1, 0.15) is 32.1 Å². The van der Waals surface area contributed by atoms with Gasteiger partial charge in [0.25, 0.3) is 0 Å². The molecule has 8 heteroatoms. The lowest BCUT2D eigenvalue weighted by molar-refractivity contribution is 0.374. The summed E-state index contributed by atoms with van der Waals surface area (Å²) in [6.07, 6.45) is 8.46. The van der Waals surface area contributed by atoms with Crippen molar-refractivity contribution in [3.63, 3.8) is 0 Å². The molecule has 0 radical (unpaired) electrons. The van der Waals surface area contributed by atoms with Crippen LogP contribution in [0.3, 0.4) is 0 Å². The third-order valence-electron chi connectivity index (χ3n) is 5.15. The highest BCUT2D eigenvalue weighted by Gasteiger charge is 2.12. The zero-order valence-corrected chi connectivity index (χ0v) is 17.8. The Kier molecular flexibility index (Phi) is 7.65. The lowest BCUT2D eigenvalue weighted by atomic mass is 9.96. The van der Waals surface area contributed by atoms with Gasteiger partial charge in [-0.25, -0.2) is 14.4 Å². The SMILES string of the molecule is CNC1CCCCC1.COc1cc2ncnc(Nc3cccc(Cl)c3F)c2cc1O. The number of phenolic OH excluding ortho intramolecular Hbond substituents is 1. The number of rotatable bonds is 4. The van der Waals surface area contributed by atoms with E-state index in [1.165, 1.54) is 57.7 Å². The summed E-state index contributed by atoms with van der Waals surface area (Å²) in [5.74, 6) is 0.0169. The van der Waals surface area contributed by atoms with E-state index in [-0.39, 0.29) is 16.5 Å². The summed E-state index contributed by atoms with van der Waals surface area (Å²) < 4.78 is 19.0. The first-order valence-corrected chi connectivity index (χ1v) is 10.3. The van der Waals surface area contributed by atoms with Crippen LogP contribution < -0.4 is 15.4 Å². The molecule has 3 aromatic rings. The average Bonchev–Trinajstić information content (AvgIpc) is 2.78. The predicted octanol–water partition coefficient (Wildman–Crippen LogP) is 5.42. The number of hydrogen-bond donors (Lipinski definition) is 3. The molecule has 1 aliphatic rings. The van der Waals surface area contributed by atoms with Crippen molar-refractivity contribution in [3.8, 4) is 11.5 Å². The smallest absolute Gasteiger partial charge is 0.165 e. The molecule has 1 aromatic heterocycles. The molecule has 1 saturated carbocycles. The lowest BCUT2D eigenvalue weighted by Crippen LogP contribution is -2.26. The fraction of sp³-hybridized carbons (Fsp3) is 0.364. The number of methoxy groups -OCH3 is 1. The first kappa shape index (κ1) is 22.1. The van der Waals surface area contributed by atoms with E-state index >= 15 is 0 Å². The standard InChI is InChI=1S/C15H11ClFN3O2.C7H15N/c1-22-13-6-11-8(5-12(13)21)15(19-7-18-11)20-10-4-2-3-9(16)14(10)17;1-8-7-5-3-2-4-6-7/h2-7,21H,1H3,(H,18,19,20);7-8H,2-6H2,1H3. The number of aromatic nitrogens is 2. The van der Waals surface area contributed by atoms with Gasteiger partial charge in [-0.05, 0) is 38.1 Å². The van der Waals surface area contributed by atoms with Gasteiger partial charge in [0.15, 0.2) is 17.3 Å². The summed E-state index contributed by atoms with van der Waals surface area (Å²) in [7, 11) is 3.51. The molecule has 0 atom stereocenters. The van der Waals surface area contributed by atoms with Crippen LogP contribution in [-0.2, 0) is 0 Å². The van der Waals surface area contributed by atoms with E-state index in [2.05, 4.69) is 27.6 Å². The van der Waals surface area contributed by atoms with Gasteiger partial charge in [-0.2, -0.15) is 0 Å². The van der Waals surface area contributed by atoms with E-state index in [1.54, 1.807) is 18.2 Å². The number of phenols is 1. The molecule has 0 aliphatic heterocycles. The number of ether oxygens (including phenoxy) is 1. The molecular weight excluding hydrogens is 407 g/mol. The monoisotopic (exact) mass is 432 g/mol. The molecule has 4 rings (SSSR count). The van der Waals surface area contributed by atoms with Gasteiger partial charge in [-0.3, -0.25) is 0 Å². The van der Waals surface area contributed by atoms with Crippen LogP contribution in [0, 0.1) is 5.82 Å². The van der Waals surface area contributed by atoms with Gasteiger partial charge >= 0.3 is 0 Å². The number of hydrogen-bond acceptors (Lipinski definition) is 6. The highest BCUT2D eigenvalue weighted by molar-refractivity contribution is 6.31. The minimum atomic E-state index is -0.575. The van der Waals surface area contributed by atoms with Crippen LogP contribution in [0.25, 0.3) is 10.9 Å². The highest BCUT2D eigenvalue weighted by Crippen LogP contribution is 2.34. The van der Waals surface area contributed by atoms with Gasteiger partial charge < -0.3 is 20.5 Å². The Morgan fingerprint density at radius 2 is 1.93 bits per heavy atom. The van der Waals surface area contributed by atoms with Gasteiger partial charge in [0.05, 0.1) is 23.3 Å². The van der Waals surface area contributed by atoms with E-state index in [0.29, 0.717) is 22.5 Å². The fourth-order valence-electron chi connectivity index (χ4n) is 3.45. The molecule has 2 aromatic carbocycles. The fourth-order valence-corrected chi connectivity index (χ4v) is 3.63. The Morgan fingerprint density at radius 1 is 1.17 bits per heavy atom. The van der Waals surface area contributed by atoms with Crippen LogP contribution in [0.2, 0.25) is 5.02 Å². The maximum atomic E-state index is 14.0. The van der Waals surface area contributed by atoms with Crippen LogP contribution >= 0.6 is 11.6 Å². The van der Waals surface area contributed by atoms with Crippen molar-refractivity contribution in [3.05, 3.63) is 47.5 Å². The van der Waals surface area contributed by atoms with Crippen molar-refractivity contribution in [2.75, 3.05) is 19.5 Å². The third kappa shape index (κ3) is 5.29. The number of benzene rings is 2. The summed E-state index contributed by atoms with van der Waals surface area (Å²) >= 11 is 5.76. The largest absolute Gasteiger partial charge is 0.504 e. The second-order valence-electron chi connectivity index (χ2n) is 7.11. The number of anilines is 2. The van der Waals surface area contributed by atoms with Gasteiger partial charge in [0.1, 0.15) is 12.1 Å². The van der Waals surface area contributed by atoms with Crippen molar-refractivity contribution in [1.82, 2.24) is 15.3 Å². The summed E-state index contributed by atoms with van der Waals surface area (Å²) in [6, 6.07) is 8.49. The highest BCUT2D eigenvalue weighted by atomic mass is 35.5. The second-order valence-corrected chi connectivity index (χ2v) is 7.52. The predicted molar refractivity (Wildman–Crippen MR) is 118 cm³/mol. The molecule has 3 N–H and O–H groups in total. The first-order chi connectivity index (χ1) is 14.5. The Labute approximate surface area is 180 Å². The molecule has 6 nitrogen and oxygen atoms in total. The van der Waals surface area contributed by atoms with Crippen molar-refractivity contribution < 1.29 is 14.2 Å². The number of nitrogens with one attached hydrogen (secondary N) is 2. The number of aromatic hydroxyl groups is 1. The Bertz CT molecular complexity index is 996. The van der Waals surface area contributed by atoms with Gasteiger partial charge in [0, 0.05) is 17.5 Å². The van der Waals surface area contributed by atoms with E-state index in [0.717, 1.165) is 6.04 Å². The van der Waals surface area contributed by atoms with Crippen molar-refractivity contribution >= 4 is 34.0 Å². The Morgan fingerprint density at radius 3 is 2.60 bits per heavy atom. The molecule has 0 unspecified atom stereocenters. The molecule has 1 heterocycles. The molecule has 30 heavy (non-hydrogen) atoms. The summed E-state index contributed by atoms with van der Waals surface area (Å²) in [4.78, 5) is 8.20. The molecular formula is C22H26ClFN4O2. The minimum absolute atomic E-state index is 0.00729.